The molecule has 1 radical (unpaired) electrons. The number of ketones is 1. The maximum Gasteiger partial charge on any atom is 0.164 e. The summed E-state index contributed by atoms with van der Waals surface area (Å²) in [5.41, 5.74) is 5.09. The minimum atomic E-state index is -0.337. The van der Waals surface area contributed by atoms with Gasteiger partial charge in [-0.05, 0) is 73.4 Å². The molecule has 3 aromatic heterocycles. The molecular weight excluding hydrogens is 841 g/mol. The minimum absolute atomic E-state index is 0. The van der Waals surface area contributed by atoms with E-state index in [2.05, 4.69) is 76.5 Å². The molecule has 0 saturated carbocycles. The quantitative estimate of drug-likeness (QED) is 0.0655. The first-order valence-electron chi connectivity index (χ1n) is 16.9. The van der Waals surface area contributed by atoms with E-state index in [1.54, 1.807) is 29.4 Å². The number of carbonyl (C=O) groups excluding carboxylic acids is 1. The molecule has 8 heteroatoms. The number of hydrogen-bond donors (Lipinski definition) is 1. The number of nitrogens with zero attached hydrogens (tertiary/aromatic N) is 2. The number of aromatic nitrogens is 2. The third-order valence-corrected chi connectivity index (χ3v) is 13.4. The van der Waals surface area contributed by atoms with E-state index in [1.165, 1.54) is 47.1 Å². The fraction of sp³-hybridized carbons (Fsp3) is 0.439. The first-order valence-corrected chi connectivity index (χ1v) is 19.4. The number of rotatable bonds is 10. The van der Waals surface area contributed by atoms with Crippen molar-refractivity contribution in [3.63, 3.8) is 0 Å². The largest absolute Gasteiger partial charge is 0.512 e. The van der Waals surface area contributed by atoms with Crippen molar-refractivity contribution >= 4 is 70.6 Å². The van der Waals surface area contributed by atoms with Gasteiger partial charge in [-0.3, -0.25) is 9.78 Å². The van der Waals surface area contributed by atoms with Gasteiger partial charge < -0.3 is 5.11 Å². The van der Waals surface area contributed by atoms with Crippen molar-refractivity contribution in [2.45, 2.75) is 112 Å². The Balaban J connectivity index is 0.000000312. The smallest absolute Gasteiger partial charge is 0.164 e. The zero-order valence-electron chi connectivity index (χ0n) is 30.9. The summed E-state index contributed by atoms with van der Waals surface area (Å²) in [5, 5.41) is 14.6. The monoisotopic (exact) mass is 892 g/mol. The predicted octanol–water partition coefficient (Wildman–Crippen LogP) is 13.3. The molecule has 5 rings (SSSR count). The van der Waals surface area contributed by atoms with Gasteiger partial charge in [0.2, 0.25) is 0 Å². The number of aryl methyl sites for hydroxylation is 2. The van der Waals surface area contributed by atoms with Gasteiger partial charge in [0.05, 0.1) is 5.52 Å². The molecule has 0 spiro atoms. The number of carbonyl (C=O) groups is 1. The van der Waals surface area contributed by atoms with Gasteiger partial charge in [-0.1, -0.05) is 73.8 Å². The van der Waals surface area contributed by atoms with Crippen LogP contribution in [0.4, 0.5) is 0 Å². The number of hydrogen-bond acceptors (Lipinski definition) is 7. The van der Waals surface area contributed by atoms with Crippen LogP contribution in [0.2, 0.25) is 0 Å². The van der Waals surface area contributed by atoms with Crippen LogP contribution in [-0.2, 0) is 30.3 Å². The van der Waals surface area contributed by atoms with Gasteiger partial charge in [-0.15, -0.1) is 52.0 Å². The van der Waals surface area contributed by atoms with Gasteiger partial charge in [-0.2, -0.15) is 11.8 Å². The number of aliphatic hydroxyl groups is 1. The molecule has 49 heavy (non-hydrogen) atoms. The van der Waals surface area contributed by atoms with Crippen molar-refractivity contribution in [1.82, 2.24) is 9.97 Å². The van der Waals surface area contributed by atoms with Crippen molar-refractivity contribution in [1.29, 1.82) is 0 Å². The molecule has 0 atom stereocenters. The van der Waals surface area contributed by atoms with Crippen LogP contribution in [0.3, 0.4) is 0 Å². The average Bonchev–Trinajstić information content (AvgIpc) is 3.57. The molecular formula is C41H51IrN2O2S3-. The molecule has 3 heterocycles. The second-order valence-corrected chi connectivity index (χ2v) is 17.5. The number of fused-ring (bicyclic) bond motifs is 4. The number of thioether (sulfide) groups is 1. The van der Waals surface area contributed by atoms with Crippen LogP contribution in [0, 0.1) is 30.7 Å². The first-order chi connectivity index (χ1) is 22.6. The summed E-state index contributed by atoms with van der Waals surface area (Å²) in [6.07, 6.45) is 6.44. The molecule has 2 aromatic carbocycles. The normalized spacial score (nSPS) is 12.6. The molecule has 1 N–H and O–H groups in total. The van der Waals surface area contributed by atoms with Gasteiger partial charge in [0.25, 0.3) is 0 Å². The fourth-order valence-corrected chi connectivity index (χ4v) is 8.74. The van der Waals surface area contributed by atoms with Crippen LogP contribution >= 0.6 is 34.4 Å². The number of benzene rings is 2. The summed E-state index contributed by atoms with van der Waals surface area (Å²) < 4.78 is 3.72. The maximum absolute atomic E-state index is 12.2. The molecule has 0 amide bonds. The van der Waals surface area contributed by atoms with E-state index in [1.807, 2.05) is 58.3 Å². The van der Waals surface area contributed by atoms with Gasteiger partial charge in [0.15, 0.2) is 5.78 Å². The van der Waals surface area contributed by atoms with Crippen molar-refractivity contribution in [2.24, 2.45) is 10.8 Å². The topological polar surface area (TPSA) is 63.1 Å². The fourth-order valence-electron chi connectivity index (χ4n) is 5.67. The van der Waals surface area contributed by atoms with Crippen molar-refractivity contribution in [3.05, 3.63) is 76.5 Å². The van der Waals surface area contributed by atoms with E-state index in [4.69, 9.17) is 4.98 Å². The molecule has 0 aliphatic rings. The summed E-state index contributed by atoms with van der Waals surface area (Å²) >= 11 is 5.29. The van der Waals surface area contributed by atoms with E-state index in [9.17, 15) is 9.90 Å². The van der Waals surface area contributed by atoms with Crippen LogP contribution in [0.25, 0.3) is 41.6 Å². The molecule has 0 fully saturated rings. The summed E-state index contributed by atoms with van der Waals surface area (Å²) in [7, 11) is 0. The number of allylic oxidation sites excluding steroid dienone is 2. The third-order valence-electron chi connectivity index (χ3n) is 10.3. The number of aliphatic hydroxyl groups excluding tert-OH is 1. The van der Waals surface area contributed by atoms with E-state index in [0.717, 1.165) is 47.2 Å². The van der Waals surface area contributed by atoms with E-state index >= 15 is 0 Å². The summed E-state index contributed by atoms with van der Waals surface area (Å²) in [6, 6.07) is 12.4. The SMILES string of the molecule is C=CSc1c[c-]c(-c2ncnc3c2sc2cc4c(C)c(C)sc4cc23)cc1C(C)(C)C.CCC(C)(CC)C(=O)/C=C(\O)C(C)(CC)CC.[Ir]. The first kappa shape index (κ1) is 41.1. The molecule has 0 unspecified atom stereocenters. The molecule has 4 nitrogen and oxygen atoms in total. The molecule has 0 saturated heterocycles. The Hall–Kier alpha value is -2.35. The molecule has 0 bridgehead atoms. The molecule has 265 valence electrons. The standard InChI is InChI=1S/C26H23N2S3.C15H28O2.Ir/c1-7-29-20-9-8-16(10-19(20)26(4,5)6)23-25-24(28-13-27-23)18-12-21-17(11-22(18)31-25)14(2)15(3)30-21;1-7-14(5,8-2)12(16)11-13(17)15(6,9-3)10-4;/h7,9-13H,1H2,2-6H3;11,16H,7-10H2,1-6H3;/q-1;;/b;12-11-;. The van der Waals surface area contributed by atoms with Crippen LogP contribution in [-0.4, -0.2) is 20.9 Å². The third kappa shape index (κ3) is 8.42. The zero-order valence-corrected chi connectivity index (χ0v) is 35.7. The minimum Gasteiger partial charge on any atom is -0.512 e. The van der Waals surface area contributed by atoms with Crippen molar-refractivity contribution in [3.8, 4) is 11.3 Å². The van der Waals surface area contributed by atoms with Crippen molar-refractivity contribution in [2.75, 3.05) is 0 Å². The van der Waals surface area contributed by atoms with Gasteiger partial charge in [-0.25, -0.2) is 4.98 Å². The Bertz CT molecular complexity index is 1990. The Morgan fingerprint density at radius 3 is 2.08 bits per heavy atom. The Morgan fingerprint density at radius 1 is 0.918 bits per heavy atom. The van der Waals surface area contributed by atoms with E-state index < -0.39 is 0 Å². The van der Waals surface area contributed by atoms with Gasteiger partial charge >= 0.3 is 0 Å². The van der Waals surface area contributed by atoms with Crippen molar-refractivity contribution < 1.29 is 30.0 Å². The van der Waals surface area contributed by atoms with Crippen LogP contribution in [0.1, 0.15) is 104 Å². The number of thiophene rings is 2. The van der Waals surface area contributed by atoms with E-state index in [0.29, 0.717) is 0 Å². The molecule has 0 aliphatic heterocycles. The van der Waals surface area contributed by atoms with Gasteiger partial charge in [0, 0.05) is 67.1 Å². The van der Waals surface area contributed by atoms with Crippen LogP contribution in [0.5, 0.6) is 0 Å². The second kappa shape index (κ2) is 16.3. The molecule has 5 aromatic rings. The molecule has 0 aliphatic carbocycles. The maximum atomic E-state index is 12.2. The summed E-state index contributed by atoms with van der Waals surface area (Å²) in [5.74, 6) is 0.286. The summed E-state index contributed by atoms with van der Waals surface area (Å²) in [6.45, 7) is 27.1. The Morgan fingerprint density at radius 2 is 1.51 bits per heavy atom. The van der Waals surface area contributed by atoms with Crippen LogP contribution in [0.15, 0.2) is 59.3 Å². The van der Waals surface area contributed by atoms with E-state index in [-0.39, 0.29) is 47.9 Å². The predicted molar refractivity (Wildman–Crippen MR) is 212 cm³/mol. The zero-order chi connectivity index (χ0) is 35.6. The van der Waals surface area contributed by atoms with Crippen LogP contribution < -0.4 is 0 Å². The summed E-state index contributed by atoms with van der Waals surface area (Å²) in [4.78, 5) is 24.1. The average molecular weight is 892 g/mol. The van der Waals surface area contributed by atoms with Gasteiger partial charge in [0.1, 0.15) is 12.1 Å². The Labute approximate surface area is 319 Å². The Kier molecular flexibility index (Phi) is 13.7. The second-order valence-electron chi connectivity index (χ2n) is 14.2.